The molecule has 0 aromatic heterocycles. The van der Waals surface area contributed by atoms with Gasteiger partial charge in [-0.25, -0.2) is 8.42 Å². The molecule has 0 saturated heterocycles. The van der Waals surface area contributed by atoms with Crippen molar-refractivity contribution in [3.63, 3.8) is 0 Å². The molecule has 9 nitrogen and oxygen atoms in total. The number of methoxy groups -OCH3 is 1. The van der Waals surface area contributed by atoms with E-state index in [1.165, 1.54) is 45.8 Å². The van der Waals surface area contributed by atoms with Gasteiger partial charge in [-0.1, -0.05) is 72.8 Å². The average Bonchev–Trinajstić information content (AvgIpc) is 3.49. The number of sulfonamides is 1. The van der Waals surface area contributed by atoms with Gasteiger partial charge in [-0.3, -0.25) is 4.79 Å². The minimum absolute atomic E-state index is 0.00990. The van der Waals surface area contributed by atoms with E-state index in [0.29, 0.717) is 18.7 Å². The van der Waals surface area contributed by atoms with E-state index < -0.39 is 16.3 Å². The van der Waals surface area contributed by atoms with Gasteiger partial charge in [0.15, 0.2) is 5.76 Å². The molecule has 1 aliphatic carbocycles. The number of carbonyl (C=O) groups is 1. The van der Waals surface area contributed by atoms with Crippen molar-refractivity contribution in [3.05, 3.63) is 131 Å². The van der Waals surface area contributed by atoms with Crippen molar-refractivity contribution < 1.29 is 32.5 Å². The van der Waals surface area contributed by atoms with E-state index in [-0.39, 0.29) is 48.8 Å². The van der Waals surface area contributed by atoms with Crippen molar-refractivity contribution in [2.45, 2.75) is 36.5 Å². The number of hydrogen-bond donors (Lipinski definition) is 2. The van der Waals surface area contributed by atoms with E-state index in [2.05, 4.69) is 29.6 Å². The number of allylic oxidation sites excluding steroid dienone is 1. The summed E-state index contributed by atoms with van der Waals surface area (Å²) >= 11 is 0. The van der Waals surface area contributed by atoms with Crippen LogP contribution >= 0.6 is 0 Å². The minimum atomic E-state index is -3.91. The van der Waals surface area contributed by atoms with Crippen LogP contribution in [0.1, 0.15) is 34.6 Å². The lowest BCUT2D eigenvalue weighted by Crippen LogP contribution is -2.38. The maximum Gasteiger partial charge on any atom is 0.286 e. The first-order valence-electron chi connectivity index (χ1n) is 15.6. The molecule has 4 aromatic rings. The maximum absolute atomic E-state index is 13.4. The zero-order chi connectivity index (χ0) is 32.8. The second kappa shape index (κ2) is 14.5. The van der Waals surface area contributed by atoms with Gasteiger partial charge in [0.25, 0.3) is 5.91 Å². The third-order valence-electron chi connectivity index (χ3n) is 8.55. The number of amides is 1. The quantitative estimate of drug-likeness (QED) is 0.184. The molecule has 2 N–H and O–H groups in total. The number of hydrogen-bond acceptors (Lipinski definition) is 7. The normalized spacial score (nSPS) is 17.0. The lowest BCUT2D eigenvalue weighted by atomic mass is 9.87. The van der Waals surface area contributed by atoms with Crippen molar-refractivity contribution in [2.24, 2.45) is 0 Å². The summed E-state index contributed by atoms with van der Waals surface area (Å²) in [6.45, 7) is -0.145. The second-order valence-electron chi connectivity index (χ2n) is 11.5. The molecule has 0 spiro atoms. The summed E-state index contributed by atoms with van der Waals surface area (Å²) in [4.78, 5) is 13.5. The first-order chi connectivity index (χ1) is 22.9. The number of nitrogens with zero attached hydrogens (tertiary/aromatic N) is 1. The highest BCUT2D eigenvalue weighted by molar-refractivity contribution is 7.89. The van der Waals surface area contributed by atoms with Crippen LogP contribution in [0.3, 0.4) is 0 Å². The summed E-state index contributed by atoms with van der Waals surface area (Å²) in [6.07, 6.45) is 2.30. The monoisotopic (exact) mass is 654 g/mol. The highest BCUT2D eigenvalue weighted by atomic mass is 32.2. The Kier molecular flexibility index (Phi) is 10.0. The number of aliphatic hydroxyl groups is 1. The predicted octanol–water partition coefficient (Wildman–Crippen LogP) is 5.00. The number of rotatable bonds is 13. The lowest BCUT2D eigenvalue weighted by molar-refractivity contribution is -0.146. The maximum atomic E-state index is 13.4. The molecule has 2 atom stereocenters. The largest absolute Gasteiger partial charge is 0.497 e. The summed E-state index contributed by atoms with van der Waals surface area (Å²) < 4.78 is 45.4. The van der Waals surface area contributed by atoms with Gasteiger partial charge in [-0.05, 0) is 70.1 Å². The van der Waals surface area contributed by atoms with Crippen LogP contribution in [-0.2, 0) is 37.3 Å². The molecular weight excluding hydrogens is 616 g/mol. The summed E-state index contributed by atoms with van der Waals surface area (Å²) in [5.41, 5.74) is 6.96. The third kappa shape index (κ3) is 7.26. The van der Waals surface area contributed by atoms with Crippen molar-refractivity contribution in [2.75, 3.05) is 33.4 Å². The van der Waals surface area contributed by atoms with Crippen molar-refractivity contribution >= 4 is 15.9 Å². The molecule has 1 aliphatic heterocycles. The molecule has 1 amide bonds. The van der Waals surface area contributed by atoms with Crippen LogP contribution in [0.4, 0.5) is 0 Å². The fraction of sp³-hybridized carbons (Fsp3) is 0.270. The van der Waals surface area contributed by atoms with Gasteiger partial charge in [0.1, 0.15) is 5.75 Å². The Bertz CT molecular complexity index is 1840. The van der Waals surface area contributed by atoms with Crippen LogP contribution in [0.2, 0.25) is 0 Å². The van der Waals surface area contributed by atoms with Crippen LogP contribution in [0.5, 0.6) is 5.75 Å². The van der Waals surface area contributed by atoms with Gasteiger partial charge in [-0.2, -0.15) is 4.31 Å². The van der Waals surface area contributed by atoms with E-state index in [4.69, 9.17) is 14.2 Å². The molecule has 6 rings (SSSR count). The number of fused-ring (bicyclic) bond motifs is 3. The van der Waals surface area contributed by atoms with Crippen LogP contribution in [0.25, 0.3) is 11.1 Å². The van der Waals surface area contributed by atoms with Gasteiger partial charge < -0.3 is 24.6 Å². The van der Waals surface area contributed by atoms with Crippen molar-refractivity contribution in [1.29, 1.82) is 0 Å². The SMILES string of the molecule is COc1ccc(S(=O)(=O)N(CCO)CCO[C@@H]2C[C@H](c3cccc4c3Cc3ccccc3-4)C=C(C(=O)NCc3ccccc3)O2)cc1. The lowest BCUT2D eigenvalue weighted by Gasteiger charge is -2.31. The predicted molar refractivity (Wildman–Crippen MR) is 178 cm³/mol. The Morgan fingerprint density at radius 3 is 2.45 bits per heavy atom. The number of benzene rings is 4. The first-order valence-corrected chi connectivity index (χ1v) is 17.1. The molecule has 0 unspecified atom stereocenters. The van der Waals surface area contributed by atoms with Gasteiger partial charge in [0, 0.05) is 32.0 Å². The minimum Gasteiger partial charge on any atom is -0.497 e. The topological polar surface area (TPSA) is 114 Å². The molecule has 0 radical (unpaired) electrons. The summed E-state index contributed by atoms with van der Waals surface area (Å²) in [6, 6.07) is 30.4. The third-order valence-corrected chi connectivity index (χ3v) is 10.5. The van der Waals surface area contributed by atoms with E-state index in [1.54, 1.807) is 12.1 Å². The van der Waals surface area contributed by atoms with E-state index in [9.17, 15) is 18.3 Å². The highest BCUT2D eigenvalue weighted by Crippen LogP contribution is 2.43. The molecule has 1 heterocycles. The van der Waals surface area contributed by atoms with E-state index >= 15 is 0 Å². The van der Waals surface area contributed by atoms with Crippen LogP contribution in [0, 0.1) is 0 Å². The van der Waals surface area contributed by atoms with Gasteiger partial charge >= 0.3 is 0 Å². The molecule has 47 heavy (non-hydrogen) atoms. The summed E-state index contributed by atoms with van der Waals surface area (Å²) in [5.74, 6) is 0.169. The summed E-state index contributed by atoms with van der Waals surface area (Å²) in [5, 5.41) is 12.6. The fourth-order valence-corrected chi connectivity index (χ4v) is 7.59. The van der Waals surface area contributed by atoms with Gasteiger partial charge in [0.05, 0.1) is 25.2 Å². The highest BCUT2D eigenvalue weighted by Gasteiger charge is 2.32. The number of carbonyl (C=O) groups excluding carboxylic acids is 1. The molecule has 0 fully saturated rings. The number of ether oxygens (including phenoxy) is 3. The average molecular weight is 655 g/mol. The smallest absolute Gasteiger partial charge is 0.286 e. The van der Waals surface area contributed by atoms with Crippen molar-refractivity contribution in [3.8, 4) is 16.9 Å². The Balaban J connectivity index is 1.21. The van der Waals surface area contributed by atoms with Crippen LogP contribution in [0.15, 0.2) is 114 Å². The number of nitrogens with one attached hydrogen (secondary N) is 1. The van der Waals surface area contributed by atoms with Crippen molar-refractivity contribution in [1.82, 2.24) is 9.62 Å². The molecule has 0 bridgehead atoms. The molecule has 4 aromatic carbocycles. The molecule has 244 valence electrons. The Morgan fingerprint density at radius 2 is 1.68 bits per heavy atom. The first kappa shape index (κ1) is 32.5. The Morgan fingerprint density at radius 1 is 0.936 bits per heavy atom. The summed E-state index contributed by atoms with van der Waals surface area (Å²) in [7, 11) is -2.41. The molecule has 10 heteroatoms. The molecular formula is C37H38N2O7S. The van der Waals surface area contributed by atoms with E-state index in [0.717, 1.165) is 17.5 Å². The molecule has 2 aliphatic rings. The zero-order valence-electron chi connectivity index (χ0n) is 26.2. The standard InChI is InChI=1S/C37H38N2O7S/c1-44-29-14-16-30(17-15-29)47(42,43)39(18-20-40)19-21-45-36-24-28(23-35(46-36)37(41)38-25-26-8-3-2-4-9-26)32-12-7-13-33-31-11-6-5-10-27(31)22-34(32)33/h2-17,23,28,36,40H,18-22,24-25H2,1H3,(H,38,41)/t28-,36+/m1/s1. The molecule has 0 saturated carbocycles. The fourth-order valence-electron chi connectivity index (χ4n) is 6.18. The number of aliphatic hydroxyl groups excluding tert-OH is 1. The second-order valence-corrected chi connectivity index (χ2v) is 13.4. The van der Waals surface area contributed by atoms with Gasteiger partial charge in [0.2, 0.25) is 16.3 Å². The Hall–Kier alpha value is -4.48. The zero-order valence-corrected chi connectivity index (χ0v) is 27.0. The Labute approximate surface area is 275 Å². The van der Waals surface area contributed by atoms with E-state index in [1.807, 2.05) is 54.6 Å². The van der Waals surface area contributed by atoms with Crippen LogP contribution in [-0.4, -0.2) is 63.4 Å². The van der Waals surface area contributed by atoms with Crippen LogP contribution < -0.4 is 10.1 Å². The van der Waals surface area contributed by atoms with Gasteiger partial charge in [-0.15, -0.1) is 0 Å².